The van der Waals surface area contributed by atoms with Gasteiger partial charge in [0.05, 0.1) is 19.5 Å². The third kappa shape index (κ3) is 8.71. The molecule has 0 radical (unpaired) electrons. The second-order valence-electron chi connectivity index (χ2n) is 8.64. The molecule has 0 bridgehead atoms. The first-order chi connectivity index (χ1) is 20.2. The Balaban J connectivity index is 1.71. The highest BCUT2D eigenvalue weighted by atomic mass is 16.5. The van der Waals surface area contributed by atoms with Crippen LogP contribution >= 0.6 is 0 Å². The zero-order valence-electron chi connectivity index (χ0n) is 22.3. The van der Waals surface area contributed by atoms with Crippen molar-refractivity contribution >= 4 is 47.3 Å². The highest BCUT2D eigenvalue weighted by Crippen LogP contribution is 2.21. The minimum Gasteiger partial charge on any atom is -0.465 e. The van der Waals surface area contributed by atoms with Crippen LogP contribution in [0.3, 0.4) is 0 Å². The molecule has 3 amide bonds. The molecule has 0 aliphatic carbocycles. The number of para-hydroxylation sites is 3. The highest BCUT2D eigenvalue weighted by Gasteiger charge is 2.35. The quantitative estimate of drug-likeness (QED) is 0.246. The number of carbonyl (C=O) groups excluding carboxylic acids is 2. The molecule has 13 heteroatoms. The number of ether oxygens (including phenoxy) is 2. The lowest BCUT2D eigenvalue weighted by atomic mass is 10.1. The first kappa shape index (κ1) is 30.9. The number of hydrogen-bond acceptors (Lipinski definition) is 7. The molecule has 0 fully saturated rings. The van der Waals surface area contributed by atoms with E-state index in [0.29, 0.717) is 16.3 Å². The number of benzene rings is 3. The Morgan fingerprint density at radius 2 is 0.976 bits per heavy atom. The van der Waals surface area contributed by atoms with Crippen molar-refractivity contribution in [2.75, 3.05) is 41.0 Å². The van der Waals surface area contributed by atoms with Crippen molar-refractivity contribution in [3.63, 3.8) is 0 Å². The minimum atomic E-state index is -1.68. The number of anilines is 3. The second-order valence-corrected chi connectivity index (χ2v) is 8.64. The molecule has 0 spiro atoms. The molecule has 3 rings (SSSR count). The summed E-state index contributed by atoms with van der Waals surface area (Å²) in [5.74, 6) is -2.08. The summed E-state index contributed by atoms with van der Waals surface area (Å²) >= 11 is 0. The largest absolute Gasteiger partial charge is 0.465 e. The summed E-state index contributed by atoms with van der Waals surface area (Å²) in [5.41, 5.74) is 0.774. The average Bonchev–Trinajstić information content (AvgIpc) is 2.98. The Kier molecular flexibility index (Phi) is 11.2. The van der Waals surface area contributed by atoms with E-state index in [9.17, 15) is 39.3 Å². The third-order valence-corrected chi connectivity index (χ3v) is 5.92. The molecule has 3 aromatic rings. The van der Waals surface area contributed by atoms with E-state index < -0.39 is 49.3 Å². The van der Waals surface area contributed by atoms with Crippen LogP contribution in [-0.2, 0) is 19.1 Å². The molecule has 0 aliphatic heterocycles. The molecule has 3 aromatic carbocycles. The predicted molar refractivity (Wildman–Crippen MR) is 151 cm³/mol. The molecule has 3 N–H and O–H groups in total. The van der Waals surface area contributed by atoms with Crippen LogP contribution in [0.1, 0.15) is 6.42 Å². The molecular formula is C29H29N3O10. The zero-order chi connectivity index (χ0) is 30.5. The lowest BCUT2D eigenvalue weighted by molar-refractivity contribution is -0.151. The Labute approximate surface area is 240 Å². The van der Waals surface area contributed by atoms with E-state index in [1.54, 1.807) is 78.9 Å². The maximum Gasteiger partial charge on any atom is 0.412 e. The van der Waals surface area contributed by atoms with E-state index in [1.165, 1.54) is 12.1 Å². The van der Waals surface area contributed by atoms with E-state index in [0.717, 1.165) is 9.80 Å². The van der Waals surface area contributed by atoms with E-state index >= 15 is 0 Å². The first-order valence-corrected chi connectivity index (χ1v) is 12.7. The number of amides is 3. The van der Waals surface area contributed by atoms with Crippen molar-refractivity contribution in [3.8, 4) is 0 Å². The smallest absolute Gasteiger partial charge is 0.412 e. The maximum absolute atomic E-state index is 13.2. The van der Waals surface area contributed by atoms with Gasteiger partial charge in [-0.2, -0.15) is 0 Å². The molecule has 0 aromatic heterocycles. The number of hydrogen-bond donors (Lipinski definition) is 3. The molecule has 1 atom stereocenters. The molecular weight excluding hydrogens is 550 g/mol. The van der Waals surface area contributed by atoms with E-state index in [2.05, 4.69) is 0 Å². The van der Waals surface area contributed by atoms with Crippen LogP contribution in [0.15, 0.2) is 91.0 Å². The van der Waals surface area contributed by atoms with Gasteiger partial charge in [0.2, 0.25) is 0 Å². The summed E-state index contributed by atoms with van der Waals surface area (Å²) in [6, 6.07) is 22.1. The lowest BCUT2D eigenvalue weighted by Crippen LogP contribution is -2.47. The summed E-state index contributed by atoms with van der Waals surface area (Å²) in [4.78, 5) is 64.1. The van der Waals surface area contributed by atoms with Crippen molar-refractivity contribution in [1.29, 1.82) is 0 Å². The number of carboxylic acid groups (broad SMARTS) is 3. The van der Waals surface area contributed by atoms with Gasteiger partial charge in [-0.3, -0.25) is 19.5 Å². The van der Waals surface area contributed by atoms with Crippen molar-refractivity contribution < 1.29 is 48.8 Å². The van der Waals surface area contributed by atoms with Crippen molar-refractivity contribution in [2.24, 2.45) is 0 Å². The molecule has 220 valence electrons. The normalized spacial score (nSPS) is 11.0. The SMILES string of the molecule is O=C(CC(C(=O)OCCN(C(=O)O)c1ccccc1)N(C(=O)O)c1ccccc1)OCCN(C(=O)O)c1ccccc1. The molecule has 1 unspecified atom stereocenters. The Morgan fingerprint density at radius 3 is 1.38 bits per heavy atom. The summed E-state index contributed by atoms with van der Waals surface area (Å²) in [6.45, 7) is -1.28. The molecule has 0 saturated carbocycles. The van der Waals surface area contributed by atoms with Gasteiger partial charge in [-0.25, -0.2) is 19.2 Å². The lowest BCUT2D eigenvalue weighted by Gasteiger charge is -2.28. The van der Waals surface area contributed by atoms with Crippen molar-refractivity contribution in [1.82, 2.24) is 0 Å². The van der Waals surface area contributed by atoms with Crippen molar-refractivity contribution in [2.45, 2.75) is 12.5 Å². The minimum absolute atomic E-state index is 0.0809. The van der Waals surface area contributed by atoms with E-state index in [-0.39, 0.29) is 25.4 Å². The molecule has 42 heavy (non-hydrogen) atoms. The first-order valence-electron chi connectivity index (χ1n) is 12.7. The Bertz CT molecular complexity index is 1360. The van der Waals surface area contributed by atoms with Gasteiger partial charge in [-0.1, -0.05) is 54.6 Å². The predicted octanol–water partition coefficient (Wildman–Crippen LogP) is 4.39. The van der Waals surface area contributed by atoms with Crippen LogP contribution in [0.2, 0.25) is 0 Å². The fourth-order valence-electron chi connectivity index (χ4n) is 3.98. The van der Waals surface area contributed by atoms with Gasteiger partial charge in [0.1, 0.15) is 19.3 Å². The van der Waals surface area contributed by atoms with E-state index in [4.69, 9.17) is 9.47 Å². The fourth-order valence-corrected chi connectivity index (χ4v) is 3.98. The number of carbonyl (C=O) groups is 5. The van der Waals surface area contributed by atoms with Gasteiger partial charge < -0.3 is 24.8 Å². The van der Waals surface area contributed by atoms with Gasteiger partial charge in [0, 0.05) is 17.1 Å². The van der Waals surface area contributed by atoms with Crippen LogP contribution < -0.4 is 14.7 Å². The fraction of sp³-hybridized carbons (Fsp3) is 0.207. The topological polar surface area (TPSA) is 174 Å². The highest BCUT2D eigenvalue weighted by molar-refractivity contribution is 5.97. The average molecular weight is 580 g/mol. The maximum atomic E-state index is 13.2. The van der Waals surface area contributed by atoms with Crippen LogP contribution in [0, 0.1) is 0 Å². The molecule has 0 saturated heterocycles. The monoisotopic (exact) mass is 579 g/mol. The molecule has 13 nitrogen and oxygen atoms in total. The number of rotatable bonds is 13. The number of esters is 2. The van der Waals surface area contributed by atoms with Crippen LogP contribution in [0.25, 0.3) is 0 Å². The van der Waals surface area contributed by atoms with E-state index in [1.807, 2.05) is 0 Å². The van der Waals surface area contributed by atoms with Crippen molar-refractivity contribution in [3.05, 3.63) is 91.0 Å². The van der Waals surface area contributed by atoms with Gasteiger partial charge in [-0.05, 0) is 36.4 Å². The van der Waals surface area contributed by atoms with Gasteiger partial charge in [0.15, 0.2) is 0 Å². The van der Waals surface area contributed by atoms with Gasteiger partial charge in [-0.15, -0.1) is 0 Å². The van der Waals surface area contributed by atoms with Crippen LogP contribution in [0.5, 0.6) is 0 Å². The third-order valence-electron chi connectivity index (χ3n) is 5.92. The standard InChI is InChI=1S/C29H29N3O10/c33-25(41-18-16-30(27(35)36)21-10-4-1-5-11-21)20-24(32(29(39)40)23-14-8-3-9-15-23)26(34)42-19-17-31(28(37)38)22-12-6-2-7-13-22/h1-15,24H,16-20H2,(H,35,36)(H,37,38)(H,39,40). The Hall–Kier alpha value is -5.59. The zero-order valence-corrected chi connectivity index (χ0v) is 22.3. The van der Waals surface area contributed by atoms with Gasteiger partial charge in [0.25, 0.3) is 0 Å². The van der Waals surface area contributed by atoms with Crippen LogP contribution in [0.4, 0.5) is 31.4 Å². The van der Waals surface area contributed by atoms with Gasteiger partial charge >= 0.3 is 30.2 Å². The molecule has 0 aliphatic rings. The van der Waals surface area contributed by atoms with Crippen LogP contribution in [-0.4, -0.2) is 77.9 Å². The summed E-state index contributed by atoms with van der Waals surface area (Å²) in [6.07, 6.45) is -4.86. The summed E-state index contributed by atoms with van der Waals surface area (Å²) < 4.78 is 10.4. The summed E-state index contributed by atoms with van der Waals surface area (Å²) in [5, 5.41) is 29.0. The molecule has 0 heterocycles. The summed E-state index contributed by atoms with van der Waals surface area (Å²) in [7, 11) is 0. The second kappa shape index (κ2) is 15.3. The Morgan fingerprint density at radius 1 is 0.571 bits per heavy atom. The number of nitrogens with zero attached hydrogens (tertiary/aromatic N) is 3.